The van der Waals surface area contributed by atoms with Gasteiger partial charge in [-0.1, -0.05) is 23.7 Å². The molecule has 1 aliphatic rings. The van der Waals surface area contributed by atoms with E-state index in [1.807, 2.05) is 24.3 Å². The number of allylic oxidation sites excluding steroid dienone is 1. The number of benzene rings is 2. The fourth-order valence-corrected chi connectivity index (χ4v) is 2.63. The van der Waals surface area contributed by atoms with Crippen molar-refractivity contribution in [2.24, 2.45) is 0 Å². The van der Waals surface area contributed by atoms with Crippen LogP contribution in [0.25, 0.3) is 6.08 Å². The molecule has 0 amide bonds. The third-order valence-electron chi connectivity index (χ3n) is 3.78. The van der Waals surface area contributed by atoms with Crippen LogP contribution in [0.3, 0.4) is 0 Å². The van der Waals surface area contributed by atoms with Gasteiger partial charge in [0.2, 0.25) is 5.78 Å². The number of fused-ring (bicyclic) bond motifs is 1. The zero-order chi connectivity index (χ0) is 17.2. The Labute approximate surface area is 149 Å². The first kappa shape index (κ1) is 15.5. The first-order valence-corrected chi connectivity index (χ1v) is 8.06. The van der Waals surface area contributed by atoms with Crippen LogP contribution in [0.15, 0.2) is 71.0 Å². The molecule has 0 saturated carbocycles. The van der Waals surface area contributed by atoms with E-state index in [1.165, 1.54) is 0 Å². The van der Waals surface area contributed by atoms with Crippen molar-refractivity contribution in [1.82, 2.24) is 0 Å². The molecule has 25 heavy (non-hydrogen) atoms. The zero-order valence-electron chi connectivity index (χ0n) is 13.1. The lowest BCUT2D eigenvalue weighted by Crippen LogP contribution is -1.97. The van der Waals surface area contributed by atoms with Gasteiger partial charge in [0.25, 0.3) is 0 Å². The van der Waals surface area contributed by atoms with Gasteiger partial charge in [-0.3, -0.25) is 4.79 Å². The Hall–Kier alpha value is -2.98. The van der Waals surface area contributed by atoms with Crippen LogP contribution < -0.4 is 9.47 Å². The van der Waals surface area contributed by atoms with Crippen LogP contribution in [0.4, 0.5) is 0 Å². The predicted octanol–water partition coefficient (Wildman–Crippen LogP) is 5.13. The molecule has 0 unspecified atom stereocenters. The summed E-state index contributed by atoms with van der Waals surface area (Å²) in [6, 6.07) is 16.1. The van der Waals surface area contributed by atoms with Crippen molar-refractivity contribution in [1.29, 1.82) is 0 Å². The van der Waals surface area contributed by atoms with Gasteiger partial charge in [-0.2, -0.15) is 0 Å². The first-order chi connectivity index (χ1) is 12.2. The molecule has 0 bridgehead atoms. The molecule has 4 nitrogen and oxygen atoms in total. The number of ether oxygens (including phenoxy) is 2. The molecule has 1 aromatic heterocycles. The van der Waals surface area contributed by atoms with E-state index in [0.717, 1.165) is 5.56 Å². The highest BCUT2D eigenvalue weighted by atomic mass is 35.5. The molecule has 0 atom stereocenters. The number of ketones is 1. The molecular formula is C20H13ClO4. The second-order valence-corrected chi connectivity index (χ2v) is 5.96. The Morgan fingerprint density at radius 3 is 2.68 bits per heavy atom. The van der Waals surface area contributed by atoms with Crippen molar-refractivity contribution in [3.63, 3.8) is 0 Å². The number of rotatable bonds is 4. The molecule has 1 aliphatic heterocycles. The Morgan fingerprint density at radius 1 is 1.08 bits per heavy atom. The summed E-state index contributed by atoms with van der Waals surface area (Å²) in [4.78, 5) is 12.4. The van der Waals surface area contributed by atoms with Gasteiger partial charge >= 0.3 is 0 Å². The van der Waals surface area contributed by atoms with Gasteiger partial charge in [-0.25, -0.2) is 0 Å². The van der Waals surface area contributed by atoms with E-state index in [2.05, 4.69) is 0 Å². The second kappa shape index (κ2) is 6.49. The summed E-state index contributed by atoms with van der Waals surface area (Å²) in [6.07, 6.45) is 3.12. The van der Waals surface area contributed by atoms with Crippen molar-refractivity contribution >= 4 is 23.5 Å². The number of carbonyl (C=O) groups is 1. The Bertz CT molecular complexity index is 940. The molecule has 3 aromatic rings. The van der Waals surface area contributed by atoms with Crippen LogP contribution in [0.2, 0.25) is 5.02 Å². The van der Waals surface area contributed by atoms with E-state index in [4.69, 9.17) is 25.5 Å². The highest BCUT2D eigenvalue weighted by Crippen LogP contribution is 2.35. The maximum absolute atomic E-state index is 12.4. The van der Waals surface area contributed by atoms with Crippen molar-refractivity contribution in [3.05, 3.63) is 88.5 Å². The molecule has 124 valence electrons. The summed E-state index contributed by atoms with van der Waals surface area (Å²) in [5.74, 6) is 1.74. The minimum atomic E-state index is -0.171. The second-order valence-electron chi connectivity index (χ2n) is 5.53. The number of hydrogen-bond donors (Lipinski definition) is 0. The standard InChI is InChI=1S/C20H13ClO4/c21-14-5-3-13(4-6-14)12-24-16-7-8-17-18(10-16)25-19(20(17)22)11-15-2-1-9-23-15/h1-11H,12H2/b19-11-. The highest BCUT2D eigenvalue weighted by molar-refractivity contribution is 6.30. The molecule has 2 aromatic carbocycles. The third kappa shape index (κ3) is 3.30. The quantitative estimate of drug-likeness (QED) is 0.611. The van der Waals surface area contributed by atoms with E-state index in [9.17, 15) is 4.79 Å². The van der Waals surface area contributed by atoms with Crippen molar-refractivity contribution in [2.75, 3.05) is 0 Å². The van der Waals surface area contributed by atoms with Crippen LogP contribution in [0.5, 0.6) is 11.5 Å². The summed E-state index contributed by atoms with van der Waals surface area (Å²) in [5.41, 5.74) is 1.51. The largest absolute Gasteiger partial charge is 0.489 e. The Kier molecular flexibility index (Phi) is 4.04. The summed E-state index contributed by atoms with van der Waals surface area (Å²) in [7, 11) is 0. The maximum Gasteiger partial charge on any atom is 0.232 e. The number of carbonyl (C=O) groups excluding carboxylic acids is 1. The Morgan fingerprint density at radius 2 is 1.92 bits per heavy atom. The Balaban J connectivity index is 1.50. The van der Waals surface area contributed by atoms with Crippen LogP contribution in [0.1, 0.15) is 21.7 Å². The first-order valence-electron chi connectivity index (χ1n) is 7.68. The van der Waals surface area contributed by atoms with E-state index in [0.29, 0.717) is 34.5 Å². The van der Waals surface area contributed by atoms with Crippen LogP contribution in [-0.4, -0.2) is 5.78 Å². The van der Waals surface area contributed by atoms with E-state index in [1.54, 1.807) is 42.7 Å². The maximum atomic E-state index is 12.4. The molecule has 0 N–H and O–H groups in total. The predicted molar refractivity (Wildman–Crippen MR) is 93.9 cm³/mol. The fourth-order valence-electron chi connectivity index (χ4n) is 2.51. The normalized spacial score (nSPS) is 14.4. The minimum absolute atomic E-state index is 0.171. The van der Waals surface area contributed by atoms with E-state index < -0.39 is 0 Å². The summed E-state index contributed by atoms with van der Waals surface area (Å²) < 4.78 is 16.6. The van der Waals surface area contributed by atoms with Crippen LogP contribution >= 0.6 is 11.6 Å². The zero-order valence-corrected chi connectivity index (χ0v) is 13.8. The lowest BCUT2D eigenvalue weighted by molar-refractivity contribution is 0.101. The summed E-state index contributed by atoms with van der Waals surface area (Å²) in [6.45, 7) is 0.402. The van der Waals surface area contributed by atoms with Crippen molar-refractivity contribution in [2.45, 2.75) is 6.61 Å². The highest BCUT2D eigenvalue weighted by Gasteiger charge is 2.28. The van der Waals surface area contributed by atoms with Crippen LogP contribution in [0, 0.1) is 0 Å². The van der Waals surface area contributed by atoms with Gasteiger partial charge in [-0.15, -0.1) is 0 Å². The molecule has 2 heterocycles. The lowest BCUT2D eigenvalue weighted by atomic mass is 10.1. The monoisotopic (exact) mass is 352 g/mol. The molecular weight excluding hydrogens is 340 g/mol. The van der Waals surface area contributed by atoms with Crippen molar-refractivity contribution < 1.29 is 18.7 Å². The van der Waals surface area contributed by atoms with Crippen molar-refractivity contribution in [3.8, 4) is 11.5 Å². The smallest absolute Gasteiger partial charge is 0.232 e. The fraction of sp³-hybridized carbons (Fsp3) is 0.0500. The van der Waals surface area contributed by atoms with Gasteiger partial charge in [-0.05, 0) is 42.0 Å². The van der Waals surface area contributed by atoms with Gasteiger partial charge < -0.3 is 13.9 Å². The molecule has 0 spiro atoms. The third-order valence-corrected chi connectivity index (χ3v) is 4.03. The molecule has 5 heteroatoms. The summed E-state index contributed by atoms with van der Waals surface area (Å²) in [5, 5.41) is 0.684. The van der Waals surface area contributed by atoms with Crippen LogP contribution in [-0.2, 0) is 6.61 Å². The minimum Gasteiger partial charge on any atom is -0.489 e. The van der Waals surface area contributed by atoms with Gasteiger partial charge in [0.15, 0.2) is 5.76 Å². The molecule has 0 radical (unpaired) electrons. The number of halogens is 1. The van der Waals surface area contributed by atoms with Gasteiger partial charge in [0, 0.05) is 17.2 Å². The average Bonchev–Trinajstić information content (AvgIpc) is 3.23. The molecule has 4 rings (SSSR count). The molecule has 0 fully saturated rings. The lowest BCUT2D eigenvalue weighted by Gasteiger charge is -2.07. The molecule has 0 saturated heterocycles. The number of furan rings is 1. The average molecular weight is 353 g/mol. The van der Waals surface area contributed by atoms with E-state index >= 15 is 0 Å². The van der Waals surface area contributed by atoms with Gasteiger partial charge in [0.05, 0.1) is 11.8 Å². The van der Waals surface area contributed by atoms with Gasteiger partial charge in [0.1, 0.15) is 23.9 Å². The number of Topliss-reactive ketones (excluding diaryl/α,β-unsaturated/α-hetero) is 1. The number of hydrogen-bond acceptors (Lipinski definition) is 4. The summed E-state index contributed by atoms with van der Waals surface area (Å²) >= 11 is 5.87. The topological polar surface area (TPSA) is 48.7 Å². The SMILES string of the molecule is O=C1/C(=C/c2ccco2)Oc2cc(OCc3ccc(Cl)cc3)ccc21. The van der Waals surface area contributed by atoms with E-state index in [-0.39, 0.29) is 11.5 Å². The molecule has 0 aliphatic carbocycles.